The number of morpholine rings is 1. The summed E-state index contributed by atoms with van der Waals surface area (Å²) in [5.74, 6) is 1.09. The van der Waals surface area contributed by atoms with Gasteiger partial charge in [-0.2, -0.15) is 0 Å². The molecule has 0 aromatic heterocycles. The molecule has 1 aliphatic carbocycles. The molecule has 0 amide bonds. The number of benzene rings is 1. The van der Waals surface area contributed by atoms with Crippen LogP contribution in [0.5, 0.6) is 0 Å². The zero-order valence-electron chi connectivity index (χ0n) is 18.3. The number of anilines is 1. The third-order valence-corrected chi connectivity index (χ3v) is 6.95. The first-order valence-corrected chi connectivity index (χ1v) is 11.0. The highest BCUT2D eigenvalue weighted by molar-refractivity contribution is 5.56. The molecule has 2 aliphatic rings. The number of nitrogens with zero attached hydrogens (tertiary/aromatic N) is 1. The molecule has 2 fully saturated rings. The second kappa shape index (κ2) is 9.63. The van der Waals surface area contributed by atoms with Gasteiger partial charge in [0.25, 0.3) is 0 Å². The van der Waals surface area contributed by atoms with Crippen molar-refractivity contribution in [3.8, 4) is 0 Å². The van der Waals surface area contributed by atoms with Crippen molar-refractivity contribution in [1.29, 1.82) is 0 Å². The van der Waals surface area contributed by atoms with E-state index in [-0.39, 0.29) is 5.41 Å². The van der Waals surface area contributed by atoms with Gasteiger partial charge in [0.15, 0.2) is 0 Å². The van der Waals surface area contributed by atoms with Crippen LogP contribution in [0.2, 0.25) is 0 Å². The summed E-state index contributed by atoms with van der Waals surface area (Å²) in [6.45, 7) is 20.9. The van der Waals surface area contributed by atoms with E-state index in [2.05, 4.69) is 81.0 Å². The van der Waals surface area contributed by atoms with Gasteiger partial charge in [-0.15, -0.1) is 6.58 Å². The van der Waals surface area contributed by atoms with Crippen LogP contribution in [0.25, 0.3) is 6.08 Å². The highest BCUT2D eigenvalue weighted by atomic mass is 16.5. The molecule has 3 atom stereocenters. The Labute approximate surface area is 177 Å². The first-order chi connectivity index (χ1) is 13.9. The Kier molecular flexibility index (Phi) is 7.18. The maximum Gasteiger partial charge on any atom is 0.0642 e. The van der Waals surface area contributed by atoms with Gasteiger partial charge in [-0.3, -0.25) is 0 Å². The molecular formula is C27H37NO. The molecule has 0 bridgehead atoms. The van der Waals surface area contributed by atoms with Gasteiger partial charge in [0.1, 0.15) is 0 Å². The minimum atomic E-state index is 0.181. The van der Waals surface area contributed by atoms with Crippen molar-refractivity contribution in [2.24, 2.45) is 17.3 Å². The lowest BCUT2D eigenvalue weighted by molar-refractivity contribution is 0.122. The molecule has 0 unspecified atom stereocenters. The van der Waals surface area contributed by atoms with Crippen molar-refractivity contribution in [2.45, 2.75) is 39.5 Å². The van der Waals surface area contributed by atoms with Crippen LogP contribution in [0.4, 0.5) is 5.69 Å². The quantitative estimate of drug-likeness (QED) is 0.481. The molecule has 1 aromatic rings. The van der Waals surface area contributed by atoms with Crippen molar-refractivity contribution in [3.63, 3.8) is 0 Å². The molecule has 1 heterocycles. The zero-order valence-corrected chi connectivity index (χ0v) is 18.3. The van der Waals surface area contributed by atoms with Crippen LogP contribution in [-0.2, 0) is 4.74 Å². The highest BCUT2D eigenvalue weighted by Gasteiger charge is 2.38. The molecule has 0 spiro atoms. The van der Waals surface area contributed by atoms with Gasteiger partial charge < -0.3 is 9.64 Å². The SMILES string of the molecule is C=C[C@]1(C)CC[C@@H](C(=C)C/C=C/c2ccc(N3CCOCC3)cc2)C[C@H]1C(=C)C. The summed E-state index contributed by atoms with van der Waals surface area (Å²) in [6, 6.07) is 8.84. The van der Waals surface area contributed by atoms with Crippen molar-refractivity contribution in [2.75, 3.05) is 31.2 Å². The lowest BCUT2D eigenvalue weighted by atomic mass is 9.61. The summed E-state index contributed by atoms with van der Waals surface area (Å²) in [4.78, 5) is 2.39. The molecule has 1 aromatic carbocycles. The molecule has 2 heteroatoms. The van der Waals surface area contributed by atoms with E-state index in [1.54, 1.807) is 0 Å². The van der Waals surface area contributed by atoms with Crippen molar-refractivity contribution < 1.29 is 4.74 Å². The predicted octanol–water partition coefficient (Wildman–Crippen LogP) is 6.67. The predicted molar refractivity (Wildman–Crippen MR) is 126 cm³/mol. The summed E-state index contributed by atoms with van der Waals surface area (Å²) in [5, 5.41) is 0. The van der Waals surface area contributed by atoms with Crippen molar-refractivity contribution in [1.82, 2.24) is 0 Å². The summed E-state index contributed by atoms with van der Waals surface area (Å²) in [7, 11) is 0. The van der Waals surface area contributed by atoms with Crippen molar-refractivity contribution >= 4 is 11.8 Å². The fourth-order valence-corrected chi connectivity index (χ4v) is 4.84. The van der Waals surface area contributed by atoms with E-state index < -0.39 is 0 Å². The summed E-state index contributed by atoms with van der Waals surface area (Å²) in [5.41, 5.74) is 5.34. The minimum absolute atomic E-state index is 0.181. The van der Waals surface area contributed by atoms with Gasteiger partial charge in [0, 0.05) is 18.8 Å². The average Bonchev–Trinajstić information content (AvgIpc) is 2.75. The lowest BCUT2D eigenvalue weighted by Crippen LogP contribution is -2.36. The van der Waals surface area contributed by atoms with E-state index in [9.17, 15) is 0 Å². The van der Waals surface area contributed by atoms with Crippen LogP contribution in [0.3, 0.4) is 0 Å². The van der Waals surface area contributed by atoms with Crippen LogP contribution in [0, 0.1) is 17.3 Å². The first kappa shape index (κ1) is 21.6. The van der Waals surface area contributed by atoms with E-state index in [1.165, 1.54) is 35.2 Å². The molecule has 1 aliphatic heterocycles. The van der Waals surface area contributed by atoms with E-state index in [0.717, 1.165) is 39.1 Å². The number of rotatable bonds is 7. The van der Waals surface area contributed by atoms with Crippen LogP contribution in [-0.4, -0.2) is 26.3 Å². The molecule has 1 saturated heterocycles. The third kappa shape index (κ3) is 5.30. The van der Waals surface area contributed by atoms with Gasteiger partial charge in [-0.1, -0.05) is 61.6 Å². The Morgan fingerprint density at radius 3 is 2.52 bits per heavy atom. The molecule has 0 N–H and O–H groups in total. The Bertz CT molecular complexity index is 753. The molecule has 156 valence electrons. The third-order valence-electron chi connectivity index (χ3n) is 6.95. The second-order valence-corrected chi connectivity index (χ2v) is 9.04. The standard InChI is InChI=1S/C27H37NO/c1-6-27(5)15-14-24(20-26(27)21(2)3)22(4)8-7-9-23-10-12-25(13-11-23)28-16-18-29-19-17-28/h6-7,9-13,24,26H,1-2,4,8,14-20H2,3,5H3/b9-7+/t24-,26+,27-/m1/s1. The largest absolute Gasteiger partial charge is 0.378 e. The number of hydrogen-bond donors (Lipinski definition) is 0. The molecule has 29 heavy (non-hydrogen) atoms. The monoisotopic (exact) mass is 391 g/mol. The number of ether oxygens (including phenoxy) is 1. The van der Waals surface area contributed by atoms with Gasteiger partial charge >= 0.3 is 0 Å². The number of hydrogen-bond acceptors (Lipinski definition) is 2. The molecule has 2 nitrogen and oxygen atoms in total. The van der Waals surface area contributed by atoms with E-state index >= 15 is 0 Å². The van der Waals surface area contributed by atoms with E-state index in [4.69, 9.17) is 4.74 Å². The van der Waals surface area contributed by atoms with Crippen molar-refractivity contribution in [3.05, 3.63) is 72.9 Å². The molecular weight excluding hydrogens is 354 g/mol. The van der Waals surface area contributed by atoms with E-state index in [1.807, 2.05) is 0 Å². The zero-order chi connectivity index (χ0) is 20.9. The summed E-state index contributed by atoms with van der Waals surface area (Å²) < 4.78 is 5.44. The first-order valence-electron chi connectivity index (χ1n) is 11.0. The molecule has 3 rings (SSSR count). The van der Waals surface area contributed by atoms with Crippen LogP contribution >= 0.6 is 0 Å². The topological polar surface area (TPSA) is 12.5 Å². The Hall–Kier alpha value is -2.06. The van der Waals surface area contributed by atoms with Gasteiger partial charge in [0.05, 0.1) is 13.2 Å². The maximum atomic E-state index is 5.44. The number of allylic oxidation sites excluding steroid dienone is 4. The Morgan fingerprint density at radius 1 is 1.21 bits per heavy atom. The fourth-order valence-electron chi connectivity index (χ4n) is 4.84. The Balaban J connectivity index is 1.54. The fraction of sp³-hybridized carbons (Fsp3) is 0.481. The average molecular weight is 392 g/mol. The normalized spacial score (nSPS) is 27.7. The van der Waals surface area contributed by atoms with E-state index in [0.29, 0.717) is 11.8 Å². The molecule has 0 radical (unpaired) electrons. The van der Waals surface area contributed by atoms with Gasteiger partial charge in [-0.25, -0.2) is 0 Å². The lowest BCUT2D eigenvalue weighted by Gasteiger charge is -2.43. The smallest absolute Gasteiger partial charge is 0.0642 e. The summed E-state index contributed by atoms with van der Waals surface area (Å²) >= 11 is 0. The summed E-state index contributed by atoms with van der Waals surface area (Å²) in [6.07, 6.45) is 11.1. The Morgan fingerprint density at radius 2 is 1.90 bits per heavy atom. The highest BCUT2D eigenvalue weighted by Crippen LogP contribution is 2.49. The molecule has 1 saturated carbocycles. The van der Waals surface area contributed by atoms with Crippen LogP contribution in [0.15, 0.2) is 67.3 Å². The van der Waals surface area contributed by atoms with Crippen LogP contribution < -0.4 is 4.90 Å². The maximum absolute atomic E-state index is 5.44. The van der Waals surface area contributed by atoms with Crippen LogP contribution in [0.1, 0.15) is 45.1 Å². The second-order valence-electron chi connectivity index (χ2n) is 9.04. The van der Waals surface area contributed by atoms with Gasteiger partial charge in [0.2, 0.25) is 0 Å². The van der Waals surface area contributed by atoms with Gasteiger partial charge in [-0.05, 0) is 67.6 Å². The minimum Gasteiger partial charge on any atom is -0.378 e.